The Labute approximate surface area is 139 Å². The smallest absolute Gasteiger partial charge is 0.338 e. The molecular weight excluding hydrogens is 344 g/mol. The van der Waals surface area contributed by atoms with Crippen molar-refractivity contribution in [3.05, 3.63) is 62.6 Å². The second kappa shape index (κ2) is 6.97. The summed E-state index contributed by atoms with van der Waals surface area (Å²) in [4.78, 5) is 11.9. The molecule has 116 valence electrons. The maximum atomic E-state index is 11.9. The molecule has 0 aliphatic heterocycles. The second-order valence-electron chi connectivity index (χ2n) is 5.25. The molecule has 0 amide bonds. The van der Waals surface area contributed by atoms with Gasteiger partial charge in [-0.2, -0.15) is 0 Å². The number of aryl methyl sites for hydroxylation is 3. The quantitative estimate of drug-likeness (QED) is 0.736. The van der Waals surface area contributed by atoms with Crippen LogP contribution in [0, 0.1) is 20.8 Å². The summed E-state index contributed by atoms with van der Waals surface area (Å²) in [6.45, 7) is 6.45. The van der Waals surface area contributed by atoms with E-state index in [0.29, 0.717) is 12.2 Å². The highest BCUT2D eigenvalue weighted by atomic mass is 79.9. The zero-order valence-corrected chi connectivity index (χ0v) is 14.8. The molecule has 0 bridgehead atoms. The maximum Gasteiger partial charge on any atom is 0.338 e. The number of esters is 1. The molecule has 0 radical (unpaired) electrons. The van der Waals surface area contributed by atoms with Gasteiger partial charge in [0.05, 0.1) is 12.7 Å². The van der Waals surface area contributed by atoms with Crippen LogP contribution < -0.4 is 4.74 Å². The standard InChI is InChI=1S/C18H19BrO3/c1-11-8-13(3)17(9-12(11)2)22-10-15-14(18(20)21-4)6-5-7-16(15)19/h5-9H,10H2,1-4H3. The maximum absolute atomic E-state index is 11.9. The molecule has 0 saturated carbocycles. The first-order valence-electron chi connectivity index (χ1n) is 7.00. The molecule has 3 nitrogen and oxygen atoms in total. The summed E-state index contributed by atoms with van der Waals surface area (Å²) in [7, 11) is 1.38. The number of ether oxygens (including phenoxy) is 2. The second-order valence-corrected chi connectivity index (χ2v) is 6.10. The monoisotopic (exact) mass is 362 g/mol. The molecule has 0 saturated heterocycles. The molecule has 4 heteroatoms. The van der Waals surface area contributed by atoms with E-state index in [0.717, 1.165) is 21.3 Å². The van der Waals surface area contributed by atoms with Gasteiger partial charge in [0, 0.05) is 10.0 Å². The predicted octanol–water partition coefficient (Wildman–Crippen LogP) is 4.74. The van der Waals surface area contributed by atoms with Crippen molar-refractivity contribution in [2.75, 3.05) is 7.11 Å². The number of carbonyl (C=O) groups excluding carboxylic acids is 1. The first kappa shape index (κ1) is 16.6. The lowest BCUT2D eigenvalue weighted by Gasteiger charge is -2.14. The average Bonchev–Trinajstić information content (AvgIpc) is 2.49. The zero-order valence-electron chi connectivity index (χ0n) is 13.2. The Morgan fingerprint density at radius 1 is 1.09 bits per heavy atom. The summed E-state index contributed by atoms with van der Waals surface area (Å²) in [5.74, 6) is 0.464. The van der Waals surface area contributed by atoms with Gasteiger partial charge in [-0.25, -0.2) is 4.79 Å². The summed E-state index contributed by atoms with van der Waals surface area (Å²) in [6.07, 6.45) is 0. The molecule has 0 heterocycles. The normalized spacial score (nSPS) is 10.4. The van der Waals surface area contributed by atoms with Crippen LogP contribution in [0.1, 0.15) is 32.6 Å². The van der Waals surface area contributed by atoms with Crippen molar-refractivity contribution in [3.63, 3.8) is 0 Å². The topological polar surface area (TPSA) is 35.5 Å². The van der Waals surface area contributed by atoms with E-state index < -0.39 is 0 Å². The summed E-state index contributed by atoms with van der Waals surface area (Å²) < 4.78 is 11.6. The van der Waals surface area contributed by atoms with Crippen molar-refractivity contribution in [1.29, 1.82) is 0 Å². The van der Waals surface area contributed by atoms with Crippen molar-refractivity contribution in [2.24, 2.45) is 0 Å². The molecule has 0 aliphatic carbocycles. The molecule has 0 aliphatic rings. The summed E-state index contributed by atoms with van der Waals surface area (Å²) in [6, 6.07) is 9.56. The lowest BCUT2D eigenvalue weighted by atomic mass is 10.1. The van der Waals surface area contributed by atoms with Gasteiger partial charge in [0.2, 0.25) is 0 Å². The zero-order chi connectivity index (χ0) is 16.3. The number of hydrogen-bond donors (Lipinski definition) is 0. The van der Waals surface area contributed by atoms with Gasteiger partial charge in [-0.05, 0) is 55.7 Å². The van der Waals surface area contributed by atoms with Crippen LogP contribution in [-0.2, 0) is 11.3 Å². The van der Waals surface area contributed by atoms with Crippen molar-refractivity contribution in [1.82, 2.24) is 0 Å². The SMILES string of the molecule is COC(=O)c1cccc(Br)c1COc1cc(C)c(C)cc1C. The van der Waals surface area contributed by atoms with Crippen LogP contribution in [-0.4, -0.2) is 13.1 Å². The van der Waals surface area contributed by atoms with Crippen LogP contribution in [0.5, 0.6) is 5.75 Å². The molecular formula is C18H19BrO3. The Morgan fingerprint density at radius 2 is 1.77 bits per heavy atom. The molecule has 0 spiro atoms. The molecule has 0 fully saturated rings. The molecule has 2 aromatic carbocycles. The van der Waals surface area contributed by atoms with E-state index in [1.165, 1.54) is 18.2 Å². The van der Waals surface area contributed by atoms with Gasteiger partial charge in [0.1, 0.15) is 12.4 Å². The van der Waals surface area contributed by atoms with Crippen LogP contribution in [0.25, 0.3) is 0 Å². The minimum Gasteiger partial charge on any atom is -0.489 e. The van der Waals surface area contributed by atoms with Crippen molar-refractivity contribution in [3.8, 4) is 5.75 Å². The minimum atomic E-state index is -0.364. The van der Waals surface area contributed by atoms with Crippen molar-refractivity contribution in [2.45, 2.75) is 27.4 Å². The van der Waals surface area contributed by atoms with E-state index in [1.54, 1.807) is 12.1 Å². The molecule has 22 heavy (non-hydrogen) atoms. The van der Waals surface area contributed by atoms with Crippen LogP contribution in [0.15, 0.2) is 34.8 Å². The van der Waals surface area contributed by atoms with E-state index in [1.807, 2.05) is 19.1 Å². The summed E-state index contributed by atoms with van der Waals surface area (Å²) in [5.41, 5.74) is 4.79. The minimum absolute atomic E-state index is 0.301. The fourth-order valence-electron chi connectivity index (χ4n) is 2.25. The summed E-state index contributed by atoms with van der Waals surface area (Å²) >= 11 is 3.48. The van der Waals surface area contributed by atoms with Crippen molar-refractivity contribution < 1.29 is 14.3 Å². The third-order valence-electron chi connectivity index (χ3n) is 3.69. The van der Waals surface area contributed by atoms with Gasteiger partial charge >= 0.3 is 5.97 Å². The van der Waals surface area contributed by atoms with Crippen LogP contribution >= 0.6 is 15.9 Å². The van der Waals surface area contributed by atoms with Crippen LogP contribution in [0.2, 0.25) is 0 Å². The number of methoxy groups -OCH3 is 1. The van der Waals surface area contributed by atoms with E-state index in [-0.39, 0.29) is 5.97 Å². The number of hydrogen-bond acceptors (Lipinski definition) is 3. The third kappa shape index (κ3) is 3.50. The summed E-state index contributed by atoms with van der Waals surface area (Å²) in [5, 5.41) is 0. The highest BCUT2D eigenvalue weighted by Crippen LogP contribution is 2.26. The predicted molar refractivity (Wildman–Crippen MR) is 90.5 cm³/mol. The van der Waals surface area contributed by atoms with Gasteiger partial charge in [0.25, 0.3) is 0 Å². The van der Waals surface area contributed by atoms with Crippen LogP contribution in [0.3, 0.4) is 0 Å². The van der Waals surface area contributed by atoms with Gasteiger partial charge in [-0.15, -0.1) is 0 Å². The molecule has 2 aromatic rings. The van der Waals surface area contributed by atoms with E-state index >= 15 is 0 Å². The first-order chi connectivity index (χ1) is 10.4. The Morgan fingerprint density at radius 3 is 2.45 bits per heavy atom. The van der Waals surface area contributed by atoms with Gasteiger partial charge < -0.3 is 9.47 Å². The lowest BCUT2D eigenvalue weighted by molar-refractivity contribution is 0.0597. The molecule has 2 rings (SSSR count). The highest BCUT2D eigenvalue weighted by molar-refractivity contribution is 9.10. The Balaban J connectivity index is 2.29. The number of halogens is 1. The van der Waals surface area contributed by atoms with Crippen LogP contribution in [0.4, 0.5) is 0 Å². The number of carbonyl (C=O) groups is 1. The Kier molecular flexibility index (Phi) is 5.24. The fraction of sp³-hybridized carbons (Fsp3) is 0.278. The molecule has 0 unspecified atom stereocenters. The largest absolute Gasteiger partial charge is 0.489 e. The Bertz CT molecular complexity index is 708. The number of benzene rings is 2. The van der Waals surface area contributed by atoms with E-state index in [2.05, 4.69) is 35.8 Å². The number of rotatable bonds is 4. The first-order valence-corrected chi connectivity index (χ1v) is 7.79. The average molecular weight is 363 g/mol. The Hall–Kier alpha value is -1.81. The van der Waals surface area contributed by atoms with E-state index in [9.17, 15) is 4.79 Å². The molecule has 0 atom stereocenters. The van der Waals surface area contributed by atoms with Gasteiger partial charge in [-0.1, -0.05) is 28.1 Å². The highest BCUT2D eigenvalue weighted by Gasteiger charge is 2.15. The fourth-order valence-corrected chi connectivity index (χ4v) is 2.73. The van der Waals surface area contributed by atoms with Gasteiger partial charge in [0.15, 0.2) is 0 Å². The molecule has 0 N–H and O–H groups in total. The third-order valence-corrected chi connectivity index (χ3v) is 4.43. The van der Waals surface area contributed by atoms with Gasteiger partial charge in [-0.3, -0.25) is 0 Å². The lowest BCUT2D eigenvalue weighted by Crippen LogP contribution is -2.09. The van der Waals surface area contributed by atoms with Crippen molar-refractivity contribution >= 4 is 21.9 Å². The van der Waals surface area contributed by atoms with E-state index in [4.69, 9.17) is 9.47 Å². The molecule has 0 aromatic heterocycles.